The van der Waals surface area contributed by atoms with Crippen molar-refractivity contribution in [1.82, 2.24) is 14.7 Å². The average Bonchev–Trinajstić information content (AvgIpc) is 2.47. The SMILES string of the molecule is CCN1CCN(CC(=O)N2CCC(C(=O)O)CC2)CC1C. The Bertz CT molecular complexity index is 380. The van der Waals surface area contributed by atoms with E-state index in [4.69, 9.17) is 5.11 Å². The van der Waals surface area contributed by atoms with Crippen LogP contribution in [-0.2, 0) is 9.59 Å². The third-order valence-corrected chi connectivity index (χ3v) is 4.81. The lowest BCUT2D eigenvalue weighted by Gasteiger charge is -2.40. The normalized spacial score (nSPS) is 26.0. The van der Waals surface area contributed by atoms with Gasteiger partial charge in [-0.05, 0) is 26.3 Å². The van der Waals surface area contributed by atoms with Crippen molar-refractivity contribution >= 4 is 11.9 Å². The van der Waals surface area contributed by atoms with Crippen LogP contribution in [0.3, 0.4) is 0 Å². The van der Waals surface area contributed by atoms with Crippen LogP contribution in [0.2, 0.25) is 0 Å². The van der Waals surface area contributed by atoms with Crippen molar-refractivity contribution in [2.24, 2.45) is 5.92 Å². The molecule has 0 aromatic rings. The lowest BCUT2D eigenvalue weighted by atomic mass is 9.97. The molecular formula is C15H27N3O3. The number of piperazine rings is 1. The zero-order chi connectivity index (χ0) is 15.4. The standard InChI is InChI=1S/C15H27N3O3/c1-3-17-9-8-16(10-12(17)2)11-14(19)18-6-4-13(5-7-18)15(20)21/h12-13H,3-11H2,1-2H3,(H,20,21). The van der Waals surface area contributed by atoms with Gasteiger partial charge in [0.25, 0.3) is 0 Å². The van der Waals surface area contributed by atoms with Gasteiger partial charge in [-0.15, -0.1) is 0 Å². The van der Waals surface area contributed by atoms with Crippen LogP contribution >= 0.6 is 0 Å². The Morgan fingerprint density at radius 1 is 1.14 bits per heavy atom. The number of piperidine rings is 1. The van der Waals surface area contributed by atoms with Crippen molar-refractivity contribution in [3.8, 4) is 0 Å². The molecule has 2 aliphatic rings. The Labute approximate surface area is 126 Å². The van der Waals surface area contributed by atoms with Gasteiger partial charge in [-0.3, -0.25) is 19.4 Å². The van der Waals surface area contributed by atoms with E-state index in [-0.39, 0.29) is 11.8 Å². The van der Waals surface area contributed by atoms with Crippen molar-refractivity contribution in [2.75, 3.05) is 45.8 Å². The summed E-state index contributed by atoms with van der Waals surface area (Å²) in [5.41, 5.74) is 0. The molecular weight excluding hydrogens is 270 g/mol. The molecule has 1 amide bonds. The summed E-state index contributed by atoms with van der Waals surface area (Å²) in [6, 6.07) is 0.495. The Morgan fingerprint density at radius 3 is 2.33 bits per heavy atom. The molecule has 2 heterocycles. The molecule has 1 atom stereocenters. The van der Waals surface area contributed by atoms with Crippen LogP contribution in [0.4, 0.5) is 0 Å². The van der Waals surface area contributed by atoms with E-state index in [1.165, 1.54) is 0 Å². The quantitative estimate of drug-likeness (QED) is 0.810. The number of rotatable bonds is 4. The summed E-state index contributed by atoms with van der Waals surface area (Å²) in [5, 5.41) is 8.99. The molecule has 1 N–H and O–H groups in total. The van der Waals surface area contributed by atoms with Crippen LogP contribution in [-0.4, -0.2) is 83.5 Å². The van der Waals surface area contributed by atoms with E-state index >= 15 is 0 Å². The number of carboxylic acid groups (broad SMARTS) is 1. The summed E-state index contributed by atoms with van der Waals surface area (Å²) in [5.74, 6) is -0.857. The second-order valence-electron chi connectivity index (χ2n) is 6.21. The molecule has 2 saturated heterocycles. The fraction of sp³-hybridized carbons (Fsp3) is 0.867. The van der Waals surface area contributed by atoms with Gasteiger partial charge in [-0.2, -0.15) is 0 Å². The van der Waals surface area contributed by atoms with Gasteiger partial charge < -0.3 is 10.0 Å². The van der Waals surface area contributed by atoms with Gasteiger partial charge in [0.05, 0.1) is 12.5 Å². The summed E-state index contributed by atoms with van der Waals surface area (Å²) in [4.78, 5) is 29.7. The summed E-state index contributed by atoms with van der Waals surface area (Å²) in [6.07, 6.45) is 1.17. The Morgan fingerprint density at radius 2 is 1.81 bits per heavy atom. The fourth-order valence-electron chi connectivity index (χ4n) is 3.35. The van der Waals surface area contributed by atoms with Gasteiger partial charge in [0, 0.05) is 38.8 Å². The number of carbonyl (C=O) groups excluding carboxylic acids is 1. The Hall–Kier alpha value is -1.14. The number of carboxylic acids is 1. The molecule has 120 valence electrons. The topological polar surface area (TPSA) is 64.1 Å². The number of hydrogen-bond acceptors (Lipinski definition) is 4. The summed E-state index contributed by atoms with van der Waals surface area (Å²) in [7, 11) is 0. The van der Waals surface area contributed by atoms with Crippen molar-refractivity contribution in [1.29, 1.82) is 0 Å². The van der Waals surface area contributed by atoms with E-state index in [0.29, 0.717) is 38.5 Å². The molecule has 0 aromatic carbocycles. The minimum Gasteiger partial charge on any atom is -0.481 e. The van der Waals surface area contributed by atoms with E-state index < -0.39 is 5.97 Å². The third-order valence-electron chi connectivity index (χ3n) is 4.81. The molecule has 21 heavy (non-hydrogen) atoms. The van der Waals surface area contributed by atoms with E-state index in [0.717, 1.165) is 26.2 Å². The van der Waals surface area contributed by atoms with Crippen LogP contribution in [0.25, 0.3) is 0 Å². The maximum absolute atomic E-state index is 12.3. The maximum atomic E-state index is 12.3. The molecule has 0 radical (unpaired) electrons. The highest BCUT2D eigenvalue weighted by molar-refractivity contribution is 5.79. The monoisotopic (exact) mass is 297 g/mol. The first-order valence-corrected chi connectivity index (χ1v) is 7.98. The van der Waals surface area contributed by atoms with Crippen LogP contribution in [0, 0.1) is 5.92 Å². The number of likely N-dealkylation sites (N-methyl/N-ethyl adjacent to an activating group) is 1. The minimum absolute atomic E-state index is 0.149. The van der Waals surface area contributed by atoms with E-state index in [1.54, 1.807) is 0 Å². The molecule has 0 aliphatic carbocycles. The number of hydrogen-bond donors (Lipinski definition) is 1. The number of carbonyl (C=O) groups is 2. The first-order valence-electron chi connectivity index (χ1n) is 7.98. The highest BCUT2D eigenvalue weighted by atomic mass is 16.4. The lowest BCUT2D eigenvalue weighted by molar-refractivity contribution is -0.146. The largest absolute Gasteiger partial charge is 0.481 e. The zero-order valence-electron chi connectivity index (χ0n) is 13.1. The molecule has 0 aromatic heterocycles. The van der Waals surface area contributed by atoms with Gasteiger partial charge in [0.2, 0.25) is 5.91 Å². The van der Waals surface area contributed by atoms with Crippen molar-refractivity contribution < 1.29 is 14.7 Å². The number of nitrogens with zero attached hydrogens (tertiary/aromatic N) is 3. The Balaban J connectivity index is 1.76. The molecule has 0 saturated carbocycles. The molecule has 2 aliphatic heterocycles. The second kappa shape index (κ2) is 7.22. The molecule has 6 heteroatoms. The summed E-state index contributed by atoms with van der Waals surface area (Å²) >= 11 is 0. The Kier molecular flexibility index (Phi) is 5.58. The van der Waals surface area contributed by atoms with E-state index in [9.17, 15) is 9.59 Å². The van der Waals surface area contributed by atoms with Crippen molar-refractivity contribution in [3.63, 3.8) is 0 Å². The smallest absolute Gasteiger partial charge is 0.306 e. The van der Waals surface area contributed by atoms with Crippen molar-refractivity contribution in [2.45, 2.75) is 32.7 Å². The zero-order valence-corrected chi connectivity index (χ0v) is 13.1. The maximum Gasteiger partial charge on any atom is 0.306 e. The highest BCUT2D eigenvalue weighted by Gasteiger charge is 2.29. The van der Waals surface area contributed by atoms with Crippen LogP contribution in [0.5, 0.6) is 0 Å². The van der Waals surface area contributed by atoms with Crippen LogP contribution < -0.4 is 0 Å². The van der Waals surface area contributed by atoms with Crippen molar-refractivity contribution in [3.05, 3.63) is 0 Å². The first kappa shape index (κ1) is 16.2. The van der Waals surface area contributed by atoms with E-state index in [2.05, 4.69) is 23.6 Å². The minimum atomic E-state index is -0.730. The van der Waals surface area contributed by atoms with Gasteiger partial charge in [0.15, 0.2) is 0 Å². The van der Waals surface area contributed by atoms with Crippen LogP contribution in [0.1, 0.15) is 26.7 Å². The number of likely N-dealkylation sites (tertiary alicyclic amines) is 1. The predicted octanol–water partition coefficient (Wildman–Crippen LogP) is 0.336. The second-order valence-corrected chi connectivity index (χ2v) is 6.21. The third kappa shape index (κ3) is 4.17. The summed E-state index contributed by atoms with van der Waals surface area (Å²) < 4.78 is 0. The molecule has 2 fully saturated rings. The lowest BCUT2D eigenvalue weighted by Crippen LogP contribution is -2.54. The first-order chi connectivity index (χ1) is 10.0. The molecule has 0 spiro atoms. The van der Waals surface area contributed by atoms with Gasteiger partial charge >= 0.3 is 5.97 Å². The van der Waals surface area contributed by atoms with Gasteiger partial charge in [-0.25, -0.2) is 0 Å². The highest BCUT2D eigenvalue weighted by Crippen LogP contribution is 2.18. The van der Waals surface area contributed by atoms with Gasteiger partial charge in [-0.1, -0.05) is 6.92 Å². The summed E-state index contributed by atoms with van der Waals surface area (Å²) in [6.45, 7) is 9.97. The van der Waals surface area contributed by atoms with Gasteiger partial charge in [0.1, 0.15) is 0 Å². The van der Waals surface area contributed by atoms with E-state index in [1.807, 2.05) is 4.90 Å². The molecule has 1 unspecified atom stereocenters. The number of aliphatic carboxylic acids is 1. The predicted molar refractivity (Wildman–Crippen MR) is 80.1 cm³/mol. The molecule has 2 rings (SSSR count). The molecule has 0 bridgehead atoms. The van der Waals surface area contributed by atoms with Crippen LogP contribution in [0.15, 0.2) is 0 Å². The molecule has 6 nitrogen and oxygen atoms in total. The average molecular weight is 297 g/mol. The number of amides is 1. The fourth-order valence-corrected chi connectivity index (χ4v) is 3.35.